The minimum Gasteiger partial charge on any atom is -0.392 e. The van der Waals surface area contributed by atoms with Gasteiger partial charge >= 0.3 is 0 Å². The first-order valence-electron chi connectivity index (χ1n) is 6.69. The molecule has 0 spiro atoms. The number of aliphatic hydroxyl groups is 1. The van der Waals surface area contributed by atoms with Crippen LogP contribution in [0.4, 0.5) is 4.39 Å². The molecule has 0 amide bonds. The van der Waals surface area contributed by atoms with Crippen LogP contribution < -0.4 is 0 Å². The highest BCUT2D eigenvalue weighted by Gasteiger charge is 2.38. The summed E-state index contributed by atoms with van der Waals surface area (Å²) < 4.78 is 13.8. The topological polar surface area (TPSA) is 20.2 Å². The van der Waals surface area contributed by atoms with E-state index in [9.17, 15) is 9.50 Å². The van der Waals surface area contributed by atoms with Crippen molar-refractivity contribution in [2.45, 2.75) is 51.6 Å². The van der Waals surface area contributed by atoms with Crippen LogP contribution in [-0.4, -0.2) is 11.2 Å². The molecule has 0 aromatic heterocycles. The lowest BCUT2D eigenvalue weighted by Crippen LogP contribution is -2.33. The van der Waals surface area contributed by atoms with Crippen molar-refractivity contribution < 1.29 is 9.50 Å². The molecule has 100 valence electrons. The largest absolute Gasteiger partial charge is 0.392 e. The summed E-state index contributed by atoms with van der Waals surface area (Å²) in [7, 11) is 0. The Balaban J connectivity index is 2.12. The summed E-state index contributed by atoms with van der Waals surface area (Å²) in [6.45, 7) is 2.16. The van der Waals surface area contributed by atoms with E-state index in [2.05, 4.69) is 22.9 Å². The average molecular weight is 315 g/mol. The SMILES string of the molecule is CCC1(C(O)Cc2ccc(F)cc2Br)CCCC1. The van der Waals surface area contributed by atoms with Crippen molar-refractivity contribution in [2.75, 3.05) is 0 Å². The molecule has 1 aliphatic rings. The van der Waals surface area contributed by atoms with E-state index < -0.39 is 0 Å². The number of hydrogen-bond donors (Lipinski definition) is 1. The number of rotatable bonds is 4. The van der Waals surface area contributed by atoms with Gasteiger partial charge in [0.25, 0.3) is 0 Å². The van der Waals surface area contributed by atoms with Gasteiger partial charge in [0, 0.05) is 10.9 Å². The van der Waals surface area contributed by atoms with Crippen molar-refractivity contribution in [3.05, 3.63) is 34.1 Å². The Morgan fingerprint density at radius 3 is 2.61 bits per heavy atom. The normalized spacial score (nSPS) is 20.0. The van der Waals surface area contributed by atoms with Crippen molar-refractivity contribution in [3.63, 3.8) is 0 Å². The molecule has 3 heteroatoms. The molecular formula is C15H20BrFO. The third-order valence-electron chi connectivity index (χ3n) is 4.44. The average Bonchev–Trinajstić information content (AvgIpc) is 2.82. The Morgan fingerprint density at radius 1 is 1.39 bits per heavy atom. The van der Waals surface area contributed by atoms with Crippen LogP contribution in [0.3, 0.4) is 0 Å². The van der Waals surface area contributed by atoms with Crippen LogP contribution in [-0.2, 0) is 6.42 Å². The fourth-order valence-corrected chi connectivity index (χ4v) is 3.63. The molecular weight excluding hydrogens is 295 g/mol. The van der Waals surface area contributed by atoms with Crippen molar-refractivity contribution in [1.82, 2.24) is 0 Å². The predicted octanol–water partition coefficient (Wildman–Crippen LogP) is 4.46. The van der Waals surface area contributed by atoms with E-state index in [1.807, 2.05) is 0 Å². The lowest BCUT2D eigenvalue weighted by atomic mass is 9.76. The molecule has 1 fully saturated rings. The van der Waals surface area contributed by atoms with Gasteiger partial charge in [0.15, 0.2) is 0 Å². The fraction of sp³-hybridized carbons (Fsp3) is 0.600. The van der Waals surface area contributed by atoms with Crippen LogP contribution in [0.25, 0.3) is 0 Å². The lowest BCUT2D eigenvalue weighted by Gasteiger charge is -2.33. The molecule has 1 aromatic rings. The highest BCUT2D eigenvalue weighted by atomic mass is 79.9. The van der Waals surface area contributed by atoms with Gasteiger partial charge < -0.3 is 5.11 Å². The Bertz CT molecular complexity index is 413. The van der Waals surface area contributed by atoms with Gasteiger partial charge in [-0.2, -0.15) is 0 Å². The monoisotopic (exact) mass is 314 g/mol. The maximum atomic E-state index is 13.0. The Morgan fingerprint density at radius 2 is 2.06 bits per heavy atom. The summed E-state index contributed by atoms with van der Waals surface area (Å²) in [6.07, 6.45) is 5.96. The first-order valence-corrected chi connectivity index (χ1v) is 7.49. The maximum absolute atomic E-state index is 13.0. The summed E-state index contributed by atoms with van der Waals surface area (Å²) in [6, 6.07) is 4.69. The molecule has 0 aliphatic heterocycles. The molecule has 1 aliphatic carbocycles. The molecule has 18 heavy (non-hydrogen) atoms. The van der Waals surface area contributed by atoms with Crippen molar-refractivity contribution in [3.8, 4) is 0 Å². The zero-order chi connectivity index (χ0) is 13.2. The third-order valence-corrected chi connectivity index (χ3v) is 5.18. The van der Waals surface area contributed by atoms with Gasteiger partial charge in [0.1, 0.15) is 5.82 Å². The Labute approximate surface area is 117 Å². The van der Waals surface area contributed by atoms with Gasteiger partial charge in [-0.1, -0.05) is 41.8 Å². The fourth-order valence-electron chi connectivity index (χ4n) is 3.11. The highest BCUT2D eigenvalue weighted by Crippen LogP contribution is 2.45. The van der Waals surface area contributed by atoms with E-state index in [-0.39, 0.29) is 17.3 Å². The number of benzene rings is 1. The number of hydrogen-bond acceptors (Lipinski definition) is 1. The van der Waals surface area contributed by atoms with Gasteiger partial charge in [0.2, 0.25) is 0 Å². The maximum Gasteiger partial charge on any atom is 0.124 e. The van der Waals surface area contributed by atoms with Gasteiger partial charge in [-0.25, -0.2) is 4.39 Å². The van der Waals surface area contributed by atoms with Crippen LogP contribution in [0, 0.1) is 11.2 Å². The van der Waals surface area contributed by atoms with Gasteiger partial charge in [-0.15, -0.1) is 0 Å². The van der Waals surface area contributed by atoms with Crippen LogP contribution in [0.15, 0.2) is 22.7 Å². The van der Waals surface area contributed by atoms with E-state index in [0.29, 0.717) is 6.42 Å². The second-order valence-corrected chi connectivity index (χ2v) is 6.23. The van der Waals surface area contributed by atoms with Crippen LogP contribution in [0.2, 0.25) is 0 Å². The Kier molecular flexibility index (Phi) is 4.44. The van der Waals surface area contributed by atoms with Crippen LogP contribution in [0.5, 0.6) is 0 Å². The first-order chi connectivity index (χ1) is 8.57. The zero-order valence-electron chi connectivity index (χ0n) is 10.8. The zero-order valence-corrected chi connectivity index (χ0v) is 12.3. The van der Waals surface area contributed by atoms with E-state index in [1.165, 1.54) is 25.0 Å². The molecule has 1 aromatic carbocycles. The van der Waals surface area contributed by atoms with Crippen LogP contribution >= 0.6 is 15.9 Å². The van der Waals surface area contributed by atoms with Crippen molar-refractivity contribution >= 4 is 15.9 Å². The van der Waals surface area contributed by atoms with E-state index in [1.54, 1.807) is 6.07 Å². The van der Waals surface area contributed by atoms with Gasteiger partial charge in [0.05, 0.1) is 6.10 Å². The smallest absolute Gasteiger partial charge is 0.124 e. The number of halogens is 2. The second kappa shape index (κ2) is 5.70. The minimum atomic E-state index is -0.327. The van der Waals surface area contributed by atoms with Crippen molar-refractivity contribution in [1.29, 1.82) is 0 Å². The Hall–Kier alpha value is -0.410. The predicted molar refractivity (Wildman–Crippen MR) is 75.0 cm³/mol. The molecule has 1 nitrogen and oxygen atoms in total. The molecule has 1 unspecified atom stereocenters. The van der Waals surface area contributed by atoms with E-state index in [4.69, 9.17) is 0 Å². The van der Waals surface area contributed by atoms with E-state index >= 15 is 0 Å². The van der Waals surface area contributed by atoms with Gasteiger partial charge in [-0.05, 0) is 42.4 Å². The molecule has 0 radical (unpaired) electrons. The molecule has 1 N–H and O–H groups in total. The molecule has 0 heterocycles. The first kappa shape index (κ1) is 14.0. The molecule has 0 saturated heterocycles. The van der Waals surface area contributed by atoms with Crippen molar-refractivity contribution in [2.24, 2.45) is 5.41 Å². The van der Waals surface area contributed by atoms with Gasteiger partial charge in [-0.3, -0.25) is 0 Å². The summed E-state index contributed by atoms with van der Waals surface area (Å²) >= 11 is 3.37. The molecule has 1 saturated carbocycles. The summed E-state index contributed by atoms with van der Waals surface area (Å²) in [5.41, 5.74) is 1.07. The summed E-state index contributed by atoms with van der Waals surface area (Å²) in [5, 5.41) is 10.5. The highest BCUT2D eigenvalue weighted by molar-refractivity contribution is 9.10. The number of aliphatic hydroxyl groups excluding tert-OH is 1. The summed E-state index contributed by atoms with van der Waals surface area (Å²) in [5.74, 6) is -0.244. The summed E-state index contributed by atoms with van der Waals surface area (Å²) in [4.78, 5) is 0. The van der Waals surface area contributed by atoms with Crippen LogP contribution in [0.1, 0.15) is 44.6 Å². The lowest BCUT2D eigenvalue weighted by molar-refractivity contribution is 0.0256. The third kappa shape index (κ3) is 2.77. The quantitative estimate of drug-likeness (QED) is 0.869. The molecule has 1 atom stereocenters. The standard InChI is InChI=1S/C15H20BrFO/c1-2-15(7-3-4-8-15)14(18)9-11-5-6-12(17)10-13(11)16/h5-6,10,14,18H,2-4,7-9H2,1H3. The van der Waals surface area contributed by atoms with E-state index in [0.717, 1.165) is 29.3 Å². The second-order valence-electron chi connectivity index (χ2n) is 5.38. The molecule has 2 rings (SSSR count). The minimum absolute atomic E-state index is 0.0772. The molecule has 0 bridgehead atoms.